The summed E-state index contributed by atoms with van der Waals surface area (Å²) in [5.41, 5.74) is -7.46. The van der Waals surface area contributed by atoms with E-state index in [0.29, 0.717) is 0 Å². The molecule has 0 spiro atoms. The van der Waals surface area contributed by atoms with Crippen LogP contribution in [0, 0.1) is 45.9 Å². The third-order valence-electron chi connectivity index (χ3n) is 2.06. The number of hydrogen-bond donors (Lipinski definition) is 0. The zero-order chi connectivity index (χ0) is 15.6. The highest BCUT2D eigenvalue weighted by Gasteiger charge is 2.51. The van der Waals surface area contributed by atoms with Gasteiger partial charge in [-0.25, -0.2) is 0 Å². The molecule has 1 aromatic carbocycles. The van der Waals surface area contributed by atoms with Crippen molar-refractivity contribution in [2.45, 2.75) is 0 Å². The van der Waals surface area contributed by atoms with Crippen molar-refractivity contribution < 1.29 is 19.7 Å². The molecule has 0 bridgehead atoms. The minimum atomic E-state index is -1.73. The highest BCUT2D eigenvalue weighted by atomic mass is 16.7. The Morgan fingerprint density at radius 3 is 1.55 bits per heavy atom. The fourth-order valence-corrected chi connectivity index (χ4v) is 1.37. The van der Waals surface area contributed by atoms with Gasteiger partial charge in [0.25, 0.3) is 0 Å². The van der Waals surface area contributed by atoms with Crippen LogP contribution in [-0.4, -0.2) is 19.7 Å². The topological polar surface area (TPSA) is 201 Å². The molecule has 0 radical (unpaired) electrons. The van der Waals surface area contributed by atoms with Gasteiger partial charge in [0.2, 0.25) is 5.39 Å². The summed E-state index contributed by atoms with van der Waals surface area (Å²) in [6.07, 6.45) is 0. The minimum Gasteiger partial charge on any atom is -0.258 e. The van der Waals surface area contributed by atoms with E-state index in [-0.39, 0.29) is 6.07 Å². The van der Waals surface area contributed by atoms with Crippen LogP contribution in [0.4, 0.5) is 28.4 Å². The zero-order valence-electron chi connectivity index (χ0n) is 9.03. The van der Waals surface area contributed by atoms with E-state index in [1.54, 1.807) is 0 Å². The van der Waals surface area contributed by atoms with Crippen LogP contribution < -0.4 is 0 Å². The molecule has 0 heterocycles. The molecule has 1 aromatic rings. The minimum absolute atomic E-state index is 0.198. The largest absolute Gasteiger partial charge is 0.476 e. The fraction of sp³-hybridized carbons (Fsp3) is 0. The van der Waals surface area contributed by atoms with Crippen LogP contribution in [0.2, 0.25) is 0 Å². The highest BCUT2D eigenvalue weighted by Crippen LogP contribution is 2.48. The van der Waals surface area contributed by atoms with Crippen molar-refractivity contribution in [1.29, 1.82) is 5.39 Å². The van der Waals surface area contributed by atoms with Gasteiger partial charge in [0.1, 0.15) is 6.07 Å². The maximum atomic E-state index is 10.7. The fourth-order valence-electron chi connectivity index (χ4n) is 1.37. The van der Waals surface area contributed by atoms with Crippen molar-refractivity contribution in [1.82, 2.24) is 0 Å². The molecule has 14 nitrogen and oxygen atoms in total. The summed E-state index contributed by atoms with van der Waals surface area (Å²) in [7, 11) is 0. The Morgan fingerprint density at radius 2 is 1.25 bits per heavy atom. The van der Waals surface area contributed by atoms with E-state index in [1.165, 1.54) is 0 Å². The smallest absolute Gasteiger partial charge is 0.258 e. The van der Waals surface area contributed by atoms with Gasteiger partial charge in [0, 0.05) is 0 Å². The Hall–Kier alpha value is -3.76. The number of benzene rings is 1. The Kier molecular flexibility index (Phi) is 3.47. The molecule has 14 heteroatoms. The highest BCUT2D eigenvalue weighted by molar-refractivity contribution is 5.85. The first-order chi connectivity index (χ1) is 9.22. The van der Waals surface area contributed by atoms with Crippen molar-refractivity contribution in [3.63, 3.8) is 0 Å². The molecule has 0 aliphatic carbocycles. The summed E-state index contributed by atoms with van der Waals surface area (Å²) < 4.78 is 0. The first kappa shape index (κ1) is 14.3. The van der Waals surface area contributed by atoms with Gasteiger partial charge in [-0.1, -0.05) is 0 Å². The van der Waals surface area contributed by atoms with Gasteiger partial charge in [0.15, 0.2) is 4.98 Å². The summed E-state index contributed by atoms with van der Waals surface area (Å²) in [5, 5.41) is 51.3. The summed E-state index contributed by atoms with van der Waals surface area (Å²) in [6.45, 7) is 0. The van der Waals surface area contributed by atoms with Gasteiger partial charge < -0.3 is 0 Å². The van der Waals surface area contributed by atoms with Crippen molar-refractivity contribution >= 4 is 28.4 Å². The molecule has 102 valence electrons. The number of rotatable bonds is 4. The molecule has 0 aliphatic rings. The van der Waals surface area contributed by atoms with Crippen molar-refractivity contribution in [2.24, 2.45) is 0 Å². The van der Waals surface area contributed by atoms with Crippen LogP contribution in [0.25, 0.3) is 4.98 Å². The van der Waals surface area contributed by atoms with E-state index in [9.17, 15) is 40.5 Å². The molecule has 1 rings (SSSR count). The second kappa shape index (κ2) is 4.85. The molecule has 0 unspecified atom stereocenters. The standard InChI is InChI=1S/C6HN6O8/c7-8-2-1-3(9(13)14)5(11(17)18)6(12(19)20)4(2)10(15)16/h1H/q+1. The normalized spacial score (nSPS) is 9.55. The number of nitro groups is 4. The monoisotopic (exact) mass is 285 g/mol. The van der Waals surface area contributed by atoms with Crippen molar-refractivity contribution in [2.75, 3.05) is 0 Å². The van der Waals surface area contributed by atoms with Crippen molar-refractivity contribution in [3.05, 3.63) is 51.5 Å². The quantitative estimate of drug-likeness (QED) is 0.448. The SMILES string of the molecule is N#[N+]c1cc([N+](=O)[O-])c([N+](=O)[O-])c([N+](=O)[O-])c1[N+](=O)[O-]. The molecule has 0 aliphatic heterocycles. The van der Waals surface area contributed by atoms with Crippen LogP contribution in [0.5, 0.6) is 0 Å². The second-order valence-electron chi connectivity index (χ2n) is 3.09. The van der Waals surface area contributed by atoms with Gasteiger partial charge in [-0.2, -0.15) is 0 Å². The average molecular weight is 285 g/mol. The van der Waals surface area contributed by atoms with E-state index in [2.05, 4.69) is 4.98 Å². The van der Waals surface area contributed by atoms with Gasteiger partial charge in [-0.3, -0.25) is 40.5 Å². The van der Waals surface area contributed by atoms with Crippen LogP contribution >= 0.6 is 0 Å². The molecule has 0 N–H and O–H groups in total. The Labute approximate surface area is 106 Å². The van der Waals surface area contributed by atoms with Gasteiger partial charge in [-0.15, -0.1) is 0 Å². The molecule has 0 atom stereocenters. The van der Waals surface area contributed by atoms with Crippen LogP contribution in [0.1, 0.15) is 0 Å². The van der Waals surface area contributed by atoms with Crippen LogP contribution in [0.3, 0.4) is 0 Å². The zero-order valence-corrected chi connectivity index (χ0v) is 9.03. The predicted molar refractivity (Wildman–Crippen MR) is 57.8 cm³/mol. The molecule has 0 saturated heterocycles. The number of nitro benzene ring substituents is 4. The summed E-state index contributed by atoms with van der Waals surface area (Å²) in [5.74, 6) is 0. The molecular weight excluding hydrogens is 284 g/mol. The summed E-state index contributed by atoms with van der Waals surface area (Å²) >= 11 is 0. The van der Waals surface area contributed by atoms with Gasteiger partial charge in [0.05, 0.1) is 19.7 Å². The third-order valence-corrected chi connectivity index (χ3v) is 2.06. The van der Waals surface area contributed by atoms with E-state index >= 15 is 0 Å². The Morgan fingerprint density at radius 1 is 0.800 bits per heavy atom. The summed E-state index contributed by atoms with van der Waals surface area (Å²) in [6, 6.07) is 0.198. The molecule has 0 amide bonds. The van der Waals surface area contributed by atoms with E-state index in [0.717, 1.165) is 0 Å². The van der Waals surface area contributed by atoms with Crippen LogP contribution in [0.15, 0.2) is 6.07 Å². The Balaban J connectivity index is 4.09. The number of diazo groups is 1. The molecule has 20 heavy (non-hydrogen) atoms. The van der Waals surface area contributed by atoms with E-state index in [1.807, 2.05) is 0 Å². The average Bonchev–Trinajstić information content (AvgIpc) is 2.35. The van der Waals surface area contributed by atoms with Crippen molar-refractivity contribution in [3.8, 4) is 0 Å². The lowest BCUT2D eigenvalue weighted by Gasteiger charge is -1.96. The van der Waals surface area contributed by atoms with E-state index < -0.39 is 48.1 Å². The number of hydrogen-bond acceptors (Lipinski definition) is 9. The number of nitrogens with zero attached hydrogens (tertiary/aromatic N) is 6. The van der Waals surface area contributed by atoms with Crippen LogP contribution in [-0.2, 0) is 0 Å². The lowest BCUT2D eigenvalue weighted by Crippen LogP contribution is -2.05. The molecule has 0 aromatic heterocycles. The van der Waals surface area contributed by atoms with Gasteiger partial charge in [-0.05, 0) is 0 Å². The third kappa shape index (κ3) is 2.13. The van der Waals surface area contributed by atoms with E-state index in [4.69, 9.17) is 5.39 Å². The first-order valence-electron chi connectivity index (χ1n) is 4.36. The summed E-state index contributed by atoms with van der Waals surface area (Å²) in [4.78, 5) is 39.3. The van der Waals surface area contributed by atoms with Gasteiger partial charge >= 0.3 is 28.4 Å². The molecular formula is C6HN6O8+. The Bertz CT molecular complexity index is 704. The lowest BCUT2D eigenvalue weighted by molar-refractivity contribution is -0.451. The molecule has 0 fully saturated rings. The first-order valence-corrected chi connectivity index (χ1v) is 4.36. The second-order valence-corrected chi connectivity index (χ2v) is 3.09. The maximum Gasteiger partial charge on any atom is 0.476 e. The maximum absolute atomic E-state index is 10.7. The predicted octanol–water partition coefficient (Wildman–Crippen LogP) is 1.80. The molecule has 0 saturated carbocycles. The lowest BCUT2D eigenvalue weighted by atomic mass is 10.1.